The molecular formula is C14H23NS. The molecule has 0 aliphatic heterocycles. The van der Waals surface area contributed by atoms with Crippen LogP contribution in [0.2, 0.25) is 0 Å². The van der Waals surface area contributed by atoms with Gasteiger partial charge in [-0.25, -0.2) is 0 Å². The average Bonchev–Trinajstić information content (AvgIpc) is 2.69. The van der Waals surface area contributed by atoms with Crippen LogP contribution in [0.3, 0.4) is 0 Å². The van der Waals surface area contributed by atoms with Crippen molar-refractivity contribution in [1.29, 1.82) is 0 Å². The zero-order chi connectivity index (χ0) is 11.4. The van der Waals surface area contributed by atoms with Crippen molar-refractivity contribution in [3.05, 3.63) is 21.4 Å². The minimum Gasteiger partial charge on any atom is -0.313 e. The Hall–Kier alpha value is -0.340. The van der Waals surface area contributed by atoms with Gasteiger partial charge in [-0.1, -0.05) is 26.7 Å². The molecule has 1 heterocycles. The molecule has 0 amide bonds. The molecule has 0 aromatic carbocycles. The largest absolute Gasteiger partial charge is 0.313 e. The first kappa shape index (κ1) is 12.1. The number of hydrogen-bond acceptors (Lipinski definition) is 2. The third-order valence-corrected chi connectivity index (χ3v) is 4.71. The summed E-state index contributed by atoms with van der Waals surface area (Å²) in [6, 6.07) is 0. The van der Waals surface area contributed by atoms with Gasteiger partial charge < -0.3 is 5.32 Å². The van der Waals surface area contributed by atoms with Crippen LogP contribution in [-0.4, -0.2) is 6.54 Å². The van der Waals surface area contributed by atoms with E-state index in [2.05, 4.69) is 24.5 Å². The summed E-state index contributed by atoms with van der Waals surface area (Å²) in [5.41, 5.74) is 3.25. The van der Waals surface area contributed by atoms with Gasteiger partial charge in [0.05, 0.1) is 0 Å². The molecule has 2 heteroatoms. The van der Waals surface area contributed by atoms with Crippen molar-refractivity contribution in [2.24, 2.45) is 5.92 Å². The molecule has 0 bridgehead atoms. The van der Waals surface area contributed by atoms with Crippen molar-refractivity contribution >= 4 is 11.3 Å². The predicted octanol–water partition coefficient (Wildman–Crippen LogP) is 3.76. The highest BCUT2D eigenvalue weighted by Crippen LogP contribution is 2.34. The van der Waals surface area contributed by atoms with Gasteiger partial charge in [0.25, 0.3) is 0 Å². The topological polar surface area (TPSA) is 12.0 Å². The van der Waals surface area contributed by atoms with Gasteiger partial charge in [0.15, 0.2) is 0 Å². The fourth-order valence-corrected chi connectivity index (χ4v) is 3.93. The highest BCUT2D eigenvalue weighted by atomic mass is 32.1. The Balaban J connectivity index is 2.02. The van der Waals surface area contributed by atoms with E-state index in [0.717, 1.165) is 19.0 Å². The van der Waals surface area contributed by atoms with Crippen LogP contribution in [0, 0.1) is 5.92 Å². The third-order valence-electron chi connectivity index (χ3n) is 3.61. The van der Waals surface area contributed by atoms with Crippen LogP contribution in [0.25, 0.3) is 0 Å². The molecule has 1 atom stereocenters. The van der Waals surface area contributed by atoms with E-state index in [1.165, 1.54) is 32.1 Å². The number of fused-ring (bicyclic) bond motifs is 1. The van der Waals surface area contributed by atoms with Crippen molar-refractivity contribution in [2.45, 2.75) is 52.5 Å². The fraction of sp³-hybridized carbons (Fsp3) is 0.714. The molecule has 0 spiro atoms. The molecule has 0 saturated carbocycles. The van der Waals surface area contributed by atoms with Crippen LogP contribution in [0.15, 0.2) is 5.38 Å². The smallest absolute Gasteiger partial charge is 0.0216 e. The van der Waals surface area contributed by atoms with Crippen LogP contribution >= 0.6 is 11.3 Å². The molecule has 0 radical (unpaired) electrons. The number of rotatable bonds is 5. The molecule has 1 N–H and O–H groups in total. The molecule has 2 rings (SSSR count). The molecule has 1 aromatic rings. The van der Waals surface area contributed by atoms with E-state index in [4.69, 9.17) is 0 Å². The zero-order valence-electron chi connectivity index (χ0n) is 10.5. The van der Waals surface area contributed by atoms with E-state index < -0.39 is 0 Å². The highest BCUT2D eigenvalue weighted by molar-refractivity contribution is 7.10. The molecule has 0 saturated heterocycles. The summed E-state index contributed by atoms with van der Waals surface area (Å²) in [5, 5.41) is 5.82. The molecule has 1 nitrogen and oxygen atoms in total. The van der Waals surface area contributed by atoms with Crippen LogP contribution in [-0.2, 0) is 19.4 Å². The molecule has 1 unspecified atom stereocenters. The first-order valence-corrected chi connectivity index (χ1v) is 7.51. The van der Waals surface area contributed by atoms with Gasteiger partial charge >= 0.3 is 0 Å². The number of thiophene rings is 1. The fourth-order valence-electron chi connectivity index (χ4n) is 2.71. The second-order valence-corrected chi connectivity index (χ2v) is 5.80. The summed E-state index contributed by atoms with van der Waals surface area (Å²) in [7, 11) is 0. The Morgan fingerprint density at radius 3 is 3.06 bits per heavy atom. The van der Waals surface area contributed by atoms with Gasteiger partial charge in [0.2, 0.25) is 0 Å². The standard InChI is InChI=1S/C14H23NS/c1-3-5-11-6-7-13-12(9-15-4-2)10-16-14(13)8-11/h10-11,15H,3-9H2,1-2H3. The van der Waals surface area contributed by atoms with Crippen LogP contribution in [0.5, 0.6) is 0 Å². The minimum absolute atomic E-state index is 0.961. The van der Waals surface area contributed by atoms with E-state index in [-0.39, 0.29) is 0 Å². The van der Waals surface area contributed by atoms with Crippen molar-refractivity contribution in [3.63, 3.8) is 0 Å². The van der Waals surface area contributed by atoms with Crippen LogP contribution in [0.4, 0.5) is 0 Å². The Labute approximate surface area is 103 Å². The maximum absolute atomic E-state index is 3.44. The van der Waals surface area contributed by atoms with Crippen molar-refractivity contribution in [3.8, 4) is 0 Å². The Morgan fingerprint density at radius 1 is 1.44 bits per heavy atom. The lowest BCUT2D eigenvalue weighted by Crippen LogP contribution is -2.16. The minimum atomic E-state index is 0.961. The highest BCUT2D eigenvalue weighted by Gasteiger charge is 2.21. The molecule has 1 aliphatic carbocycles. The Morgan fingerprint density at radius 2 is 2.31 bits per heavy atom. The van der Waals surface area contributed by atoms with E-state index in [0.29, 0.717) is 0 Å². The van der Waals surface area contributed by atoms with Gasteiger partial charge in [0, 0.05) is 11.4 Å². The first-order valence-electron chi connectivity index (χ1n) is 6.64. The van der Waals surface area contributed by atoms with Crippen molar-refractivity contribution in [2.75, 3.05) is 6.54 Å². The van der Waals surface area contributed by atoms with Gasteiger partial charge in [-0.15, -0.1) is 11.3 Å². The second-order valence-electron chi connectivity index (χ2n) is 4.84. The molecular weight excluding hydrogens is 214 g/mol. The van der Waals surface area contributed by atoms with E-state index in [1.807, 2.05) is 11.3 Å². The van der Waals surface area contributed by atoms with Crippen molar-refractivity contribution < 1.29 is 0 Å². The van der Waals surface area contributed by atoms with Gasteiger partial charge in [-0.3, -0.25) is 0 Å². The molecule has 1 aromatic heterocycles. The lowest BCUT2D eigenvalue weighted by molar-refractivity contribution is 0.426. The lowest BCUT2D eigenvalue weighted by atomic mass is 9.85. The van der Waals surface area contributed by atoms with E-state index in [1.54, 1.807) is 16.0 Å². The SMILES string of the molecule is CCCC1CCc2c(CNCC)csc2C1. The molecule has 16 heavy (non-hydrogen) atoms. The summed E-state index contributed by atoms with van der Waals surface area (Å²) >= 11 is 1.99. The molecule has 0 fully saturated rings. The van der Waals surface area contributed by atoms with Crippen LogP contribution < -0.4 is 5.32 Å². The van der Waals surface area contributed by atoms with Gasteiger partial charge in [0.1, 0.15) is 0 Å². The summed E-state index contributed by atoms with van der Waals surface area (Å²) in [6.07, 6.45) is 6.84. The summed E-state index contributed by atoms with van der Waals surface area (Å²) in [6.45, 7) is 6.63. The molecule has 1 aliphatic rings. The molecule has 90 valence electrons. The Bertz CT molecular complexity index is 329. The first-order chi connectivity index (χ1) is 7.85. The zero-order valence-corrected chi connectivity index (χ0v) is 11.3. The maximum Gasteiger partial charge on any atom is 0.0216 e. The normalized spacial score (nSPS) is 19.8. The van der Waals surface area contributed by atoms with E-state index >= 15 is 0 Å². The maximum atomic E-state index is 3.44. The monoisotopic (exact) mass is 237 g/mol. The summed E-state index contributed by atoms with van der Waals surface area (Å²) in [4.78, 5) is 1.68. The van der Waals surface area contributed by atoms with Gasteiger partial charge in [-0.05, 0) is 48.2 Å². The van der Waals surface area contributed by atoms with Crippen LogP contribution in [0.1, 0.15) is 49.1 Å². The number of hydrogen-bond donors (Lipinski definition) is 1. The van der Waals surface area contributed by atoms with Gasteiger partial charge in [-0.2, -0.15) is 0 Å². The quantitative estimate of drug-likeness (QED) is 0.822. The predicted molar refractivity (Wildman–Crippen MR) is 72.1 cm³/mol. The lowest BCUT2D eigenvalue weighted by Gasteiger charge is -2.22. The second kappa shape index (κ2) is 5.83. The Kier molecular flexibility index (Phi) is 4.42. The third kappa shape index (κ3) is 2.67. The van der Waals surface area contributed by atoms with E-state index in [9.17, 15) is 0 Å². The van der Waals surface area contributed by atoms with Crippen molar-refractivity contribution in [1.82, 2.24) is 5.32 Å². The summed E-state index contributed by atoms with van der Waals surface area (Å²) in [5.74, 6) is 0.961. The average molecular weight is 237 g/mol. The number of nitrogens with one attached hydrogen (secondary N) is 1. The summed E-state index contributed by atoms with van der Waals surface area (Å²) < 4.78 is 0.